The Morgan fingerprint density at radius 2 is 1.64 bits per heavy atom. The minimum atomic E-state index is -0.933. The maximum atomic E-state index is 12.1. The zero-order chi connectivity index (χ0) is 17.6. The summed E-state index contributed by atoms with van der Waals surface area (Å²) in [6.07, 6.45) is -2.24. The highest BCUT2D eigenvalue weighted by Crippen LogP contribution is 2.17. The average Bonchev–Trinajstić information content (AvgIpc) is 3.02. The molecule has 0 bridgehead atoms. The van der Waals surface area contributed by atoms with Gasteiger partial charge in [-0.3, -0.25) is 0 Å². The molecule has 1 amide bonds. The van der Waals surface area contributed by atoms with Crippen LogP contribution in [0.5, 0.6) is 0 Å². The lowest BCUT2D eigenvalue weighted by Gasteiger charge is -2.16. The van der Waals surface area contributed by atoms with Crippen LogP contribution in [-0.4, -0.2) is 47.4 Å². The Morgan fingerprint density at radius 1 is 1.00 bits per heavy atom. The molecule has 0 radical (unpaired) electrons. The largest absolute Gasteiger partial charge is 0.454 e. The molecule has 6 nitrogen and oxygen atoms in total. The lowest BCUT2D eigenvalue weighted by molar-refractivity contribution is 0.00165. The summed E-state index contributed by atoms with van der Waals surface area (Å²) < 4.78 is 10.5. The first-order valence-electron chi connectivity index (χ1n) is 8.03. The number of rotatable bonds is 4. The lowest BCUT2D eigenvalue weighted by Crippen LogP contribution is -2.31. The van der Waals surface area contributed by atoms with Crippen LogP contribution in [0, 0.1) is 0 Å². The SMILES string of the molecule is O=C(O[C@@H]1CN(C(=O)OCc2ccccc2)C[C@H]1O)c1ccccc1. The van der Waals surface area contributed by atoms with E-state index >= 15 is 0 Å². The molecule has 0 aliphatic carbocycles. The van der Waals surface area contributed by atoms with Crippen molar-refractivity contribution in [1.29, 1.82) is 0 Å². The molecule has 2 aromatic rings. The Hall–Kier alpha value is -2.86. The second kappa shape index (κ2) is 7.81. The number of amides is 1. The second-order valence-electron chi connectivity index (χ2n) is 5.82. The first-order valence-corrected chi connectivity index (χ1v) is 8.03. The van der Waals surface area contributed by atoms with Gasteiger partial charge in [-0.15, -0.1) is 0 Å². The average molecular weight is 341 g/mol. The standard InChI is InChI=1S/C19H19NO5/c21-16-11-20(19(23)24-13-14-7-3-1-4-8-14)12-17(16)25-18(22)15-9-5-2-6-10-15/h1-10,16-17,21H,11-13H2/t16-,17-/m1/s1. The van der Waals surface area contributed by atoms with Crippen LogP contribution in [-0.2, 0) is 16.1 Å². The van der Waals surface area contributed by atoms with Crippen molar-refractivity contribution in [2.45, 2.75) is 18.8 Å². The first kappa shape index (κ1) is 17.0. The molecule has 1 aliphatic heterocycles. The van der Waals surface area contributed by atoms with Crippen LogP contribution in [0.15, 0.2) is 60.7 Å². The molecule has 0 saturated carbocycles. The van der Waals surface area contributed by atoms with Crippen LogP contribution in [0.4, 0.5) is 4.79 Å². The Morgan fingerprint density at radius 3 is 2.32 bits per heavy atom. The highest BCUT2D eigenvalue weighted by molar-refractivity contribution is 5.89. The van der Waals surface area contributed by atoms with E-state index in [0.717, 1.165) is 5.56 Å². The fourth-order valence-electron chi connectivity index (χ4n) is 2.61. The summed E-state index contributed by atoms with van der Waals surface area (Å²) in [6.45, 7) is 0.328. The summed E-state index contributed by atoms with van der Waals surface area (Å²) in [5, 5.41) is 10.1. The number of likely N-dealkylation sites (tertiary alicyclic amines) is 1. The number of esters is 1. The molecule has 25 heavy (non-hydrogen) atoms. The number of hydrogen-bond acceptors (Lipinski definition) is 5. The Bertz CT molecular complexity index is 719. The maximum absolute atomic E-state index is 12.1. The van der Waals surface area contributed by atoms with E-state index in [1.165, 1.54) is 4.90 Å². The molecule has 1 N–H and O–H groups in total. The van der Waals surface area contributed by atoms with E-state index in [2.05, 4.69) is 0 Å². The van der Waals surface area contributed by atoms with Gasteiger partial charge in [-0.25, -0.2) is 9.59 Å². The molecule has 1 heterocycles. The van der Waals surface area contributed by atoms with Crippen molar-refractivity contribution >= 4 is 12.1 Å². The van der Waals surface area contributed by atoms with Crippen molar-refractivity contribution in [2.24, 2.45) is 0 Å². The van der Waals surface area contributed by atoms with Gasteiger partial charge in [0, 0.05) is 0 Å². The van der Waals surface area contributed by atoms with Gasteiger partial charge < -0.3 is 19.5 Å². The van der Waals surface area contributed by atoms with E-state index < -0.39 is 24.3 Å². The minimum absolute atomic E-state index is 0.0698. The van der Waals surface area contributed by atoms with Gasteiger partial charge in [-0.05, 0) is 17.7 Å². The number of carbonyl (C=O) groups excluding carboxylic acids is 2. The molecule has 3 rings (SSSR count). The quantitative estimate of drug-likeness (QED) is 0.863. The van der Waals surface area contributed by atoms with Crippen molar-refractivity contribution in [1.82, 2.24) is 4.90 Å². The molecule has 1 saturated heterocycles. The van der Waals surface area contributed by atoms with Gasteiger partial charge in [0.25, 0.3) is 0 Å². The molecule has 1 fully saturated rings. The normalized spacial score (nSPS) is 19.5. The number of carbonyl (C=O) groups is 2. The summed E-state index contributed by atoms with van der Waals surface area (Å²) in [6, 6.07) is 17.9. The number of benzene rings is 2. The topological polar surface area (TPSA) is 76.1 Å². The molecule has 0 unspecified atom stereocenters. The summed E-state index contributed by atoms with van der Waals surface area (Å²) in [5.41, 5.74) is 1.28. The van der Waals surface area contributed by atoms with Crippen molar-refractivity contribution in [3.05, 3.63) is 71.8 Å². The number of aliphatic hydroxyl groups is 1. The van der Waals surface area contributed by atoms with Crippen LogP contribution in [0.25, 0.3) is 0 Å². The van der Waals surface area contributed by atoms with Gasteiger partial charge in [0.15, 0.2) is 0 Å². The van der Waals surface area contributed by atoms with E-state index in [9.17, 15) is 14.7 Å². The number of ether oxygens (including phenoxy) is 2. The highest BCUT2D eigenvalue weighted by Gasteiger charge is 2.37. The monoisotopic (exact) mass is 341 g/mol. The molecule has 130 valence electrons. The van der Waals surface area contributed by atoms with Crippen LogP contribution in [0.2, 0.25) is 0 Å². The van der Waals surface area contributed by atoms with Crippen molar-refractivity contribution in [3.8, 4) is 0 Å². The molecule has 0 aromatic heterocycles. The summed E-state index contributed by atoms with van der Waals surface area (Å²) in [4.78, 5) is 25.5. The van der Waals surface area contributed by atoms with E-state index in [-0.39, 0.29) is 19.7 Å². The number of nitrogens with zero attached hydrogens (tertiary/aromatic N) is 1. The predicted molar refractivity (Wildman–Crippen MR) is 89.9 cm³/mol. The highest BCUT2D eigenvalue weighted by atomic mass is 16.6. The molecule has 2 aromatic carbocycles. The van der Waals surface area contributed by atoms with E-state index in [0.29, 0.717) is 5.56 Å². The Kier molecular flexibility index (Phi) is 5.30. The van der Waals surface area contributed by atoms with Gasteiger partial charge in [0.1, 0.15) is 18.8 Å². The molecule has 2 atom stereocenters. The third-order valence-corrected chi connectivity index (χ3v) is 3.97. The van der Waals surface area contributed by atoms with Crippen molar-refractivity contribution in [3.63, 3.8) is 0 Å². The zero-order valence-electron chi connectivity index (χ0n) is 13.6. The third-order valence-electron chi connectivity index (χ3n) is 3.97. The van der Waals surface area contributed by atoms with Crippen molar-refractivity contribution in [2.75, 3.05) is 13.1 Å². The fraction of sp³-hybridized carbons (Fsp3) is 0.263. The summed E-state index contributed by atoms with van der Waals surface area (Å²) in [5.74, 6) is -0.524. The Balaban J connectivity index is 1.52. The molecular weight excluding hydrogens is 322 g/mol. The smallest absolute Gasteiger partial charge is 0.410 e. The van der Waals surface area contributed by atoms with E-state index in [4.69, 9.17) is 9.47 Å². The lowest BCUT2D eigenvalue weighted by atomic mass is 10.2. The molecular formula is C19H19NO5. The van der Waals surface area contributed by atoms with Gasteiger partial charge in [-0.1, -0.05) is 48.5 Å². The van der Waals surface area contributed by atoms with Gasteiger partial charge >= 0.3 is 12.1 Å². The van der Waals surface area contributed by atoms with Crippen molar-refractivity contribution < 1.29 is 24.2 Å². The molecule has 1 aliphatic rings. The molecule has 6 heteroatoms. The van der Waals surface area contributed by atoms with Gasteiger partial charge in [0.2, 0.25) is 0 Å². The number of aliphatic hydroxyl groups excluding tert-OH is 1. The fourth-order valence-corrected chi connectivity index (χ4v) is 2.61. The van der Waals surface area contributed by atoms with E-state index in [1.807, 2.05) is 30.3 Å². The number of hydrogen-bond donors (Lipinski definition) is 1. The second-order valence-corrected chi connectivity index (χ2v) is 5.82. The number of β-amino-alcohol motifs (C(OH)–C–C–N with tert-alkyl or cyclic N) is 1. The predicted octanol–water partition coefficient (Wildman–Crippen LogP) is 2.23. The van der Waals surface area contributed by atoms with Crippen LogP contribution in [0.3, 0.4) is 0 Å². The van der Waals surface area contributed by atoms with Gasteiger partial charge in [0.05, 0.1) is 18.7 Å². The summed E-state index contributed by atoms with van der Waals surface area (Å²) >= 11 is 0. The van der Waals surface area contributed by atoms with Crippen LogP contribution in [0.1, 0.15) is 15.9 Å². The van der Waals surface area contributed by atoms with E-state index in [1.54, 1.807) is 30.3 Å². The van der Waals surface area contributed by atoms with Gasteiger partial charge in [-0.2, -0.15) is 0 Å². The zero-order valence-corrected chi connectivity index (χ0v) is 13.6. The Labute approximate surface area is 145 Å². The minimum Gasteiger partial charge on any atom is -0.454 e. The first-order chi connectivity index (χ1) is 12.1. The maximum Gasteiger partial charge on any atom is 0.410 e. The van der Waals surface area contributed by atoms with Crippen LogP contribution < -0.4 is 0 Å². The summed E-state index contributed by atoms with van der Waals surface area (Å²) in [7, 11) is 0. The van der Waals surface area contributed by atoms with Crippen LogP contribution >= 0.6 is 0 Å². The third kappa shape index (κ3) is 4.36. The molecule has 0 spiro atoms.